The van der Waals surface area contributed by atoms with Gasteiger partial charge in [0.15, 0.2) is 16.9 Å². The molecule has 1 unspecified atom stereocenters. The zero-order valence-corrected chi connectivity index (χ0v) is 21.0. The molecule has 0 saturated carbocycles. The van der Waals surface area contributed by atoms with Crippen molar-refractivity contribution in [3.05, 3.63) is 69.6 Å². The van der Waals surface area contributed by atoms with Crippen LogP contribution in [0.25, 0.3) is 11.0 Å². The highest BCUT2D eigenvalue weighted by atomic mass is 16.5. The fourth-order valence-electron chi connectivity index (χ4n) is 4.51. The van der Waals surface area contributed by atoms with Crippen LogP contribution in [0.4, 0.5) is 0 Å². The van der Waals surface area contributed by atoms with Crippen LogP contribution in [0.15, 0.2) is 51.7 Å². The quantitative estimate of drug-likeness (QED) is 0.366. The molecule has 0 radical (unpaired) electrons. The van der Waals surface area contributed by atoms with Gasteiger partial charge in [-0.3, -0.25) is 9.59 Å². The summed E-state index contributed by atoms with van der Waals surface area (Å²) >= 11 is 0. The number of fused-ring (bicyclic) bond motifs is 2. The van der Waals surface area contributed by atoms with E-state index in [9.17, 15) is 9.59 Å². The second kappa shape index (κ2) is 11.0. The van der Waals surface area contributed by atoms with Crippen LogP contribution in [0.1, 0.15) is 60.8 Å². The monoisotopic (exact) mass is 478 g/mol. The number of carbonyl (C=O) groups is 1. The van der Waals surface area contributed by atoms with Crippen molar-refractivity contribution in [2.24, 2.45) is 0 Å². The number of rotatable bonds is 11. The molecule has 0 aliphatic carbocycles. The van der Waals surface area contributed by atoms with E-state index in [2.05, 4.69) is 11.8 Å². The zero-order chi connectivity index (χ0) is 24.9. The van der Waals surface area contributed by atoms with E-state index in [1.165, 1.54) is 0 Å². The highest BCUT2D eigenvalue weighted by Crippen LogP contribution is 2.41. The number of ether oxygens (including phenoxy) is 2. The maximum absolute atomic E-state index is 13.6. The van der Waals surface area contributed by atoms with E-state index in [0.29, 0.717) is 47.8 Å². The number of amides is 1. The third-order valence-electron chi connectivity index (χ3n) is 6.22. The van der Waals surface area contributed by atoms with Crippen LogP contribution in [0.5, 0.6) is 11.5 Å². The van der Waals surface area contributed by atoms with Crippen LogP contribution in [0.3, 0.4) is 0 Å². The van der Waals surface area contributed by atoms with Gasteiger partial charge in [-0.25, -0.2) is 0 Å². The second-order valence-electron chi connectivity index (χ2n) is 9.07. The Labute approximate surface area is 206 Å². The number of carbonyl (C=O) groups excluding carboxylic acids is 1. The van der Waals surface area contributed by atoms with Crippen LogP contribution in [0.2, 0.25) is 0 Å². The third kappa shape index (κ3) is 5.05. The molecule has 1 amide bonds. The maximum atomic E-state index is 13.6. The zero-order valence-electron chi connectivity index (χ0n) is 21.0. The van der Waals surface area contributed by atoms with Crippen molar-refractivity contribution in [2.45, 2.75) is 39.2 Å². The van der Waals surface area contributed by atoms with Gasteiger partial charge in [0.1, 0.15) is 5.58 Å². The lowest BCUT2D eigenvalue weighted by atomic mass is 9.98. The van der Waals surface area contributed by atoms with Gasteiger partial charge >= 0.3 is 0 Å². The van der Waals surface area contributed by atoms with Crippen LogP contribution >= 0.6 is 0 Å². The van der Waals surface area contributed by atoms with Crippen molar-refractivity contribution < 1.29 is 18.7 Å². The number of hydrogen-bond acceptors (Lipinski definition) is 6. The van der Waals surface area contributed by atoms with Gasteiger partial charge in [-0.05, 0) is 70.2 Å². The molecule has 35 heavy (non-hydrogen) atoms. The van der Waals surface area contributed by atoms with Gasteiger partial charge in [0, 0.05) is 6.54 Å². The molecule has 2 aromatic carbocycles. The highest BCUT2D eigenvalue weighted by Gasteiger charge is 2.42. The lowest BCUT2D eigenvalue weighted by Gasteiger charge is -2.26. The van der Waals surface area contributed by atoms with Gasteiger partial charge in [-0.15, -0.1) is 0 Å². The first-order valence-electron chi connectivity index (χ1n) is 12.4. The molecule has 0 spiro atoms. The lowest BCUT2D eigenvalue weighted by Crippen LogP contribution is -2.32. The van der Waals surface area contributed by atoms with Crippen molar-refractivity contribution in [3.63, 3.8) is 0 Å². The summed E-state index contributed by atoms with van der Waals surface area (Å²) in [4.78, 5) is 31.0. The van der Waals surface area contributed by atoms with Crippen molar-refractivity contribution in [3.8, 4) is 11.5 Å². The molecule has 2 heterocycles. The first-order chi connectivity index (χ1) is 17.0. The Morgan fingerprint density at radius 1 is 1.00 bits per heavy atom. The van der Waals surface area contributed by atoms with Gasteiger partial charge in [-0.2, -0.15) is 0 Å². The van der Waals surface area contributed by atoms with Gasteiger partial charge in [0.05, 0.1) is 30.2 Å². The Morgan fingerprint density at radius 3 is 2.54 bits per heavy atom. The normalized spacial score (nSPS) is 15.2. The van der Waals surface area contributed by atoms with Crippen LogP contribution in [0, 0.1) is 0 Å². The van der Waals surface area contributed by atoms with Crippen LogP contribution < -0.4 is 14.9 Å². The molecule has 1 aromatic heterocycles. The molecular formula is C28H34N2O5. The van der Waals surface area contributed by atoms with Crippen molar-refractivity contribution >= 4 is 16.9 Å². The predicted molar refractivity (Wildman–Crippen MR) is 137 cm³/mol. The Kier molecular flexibility index (Phi) is 7.76. The summed E-state index contributed by atoms with van der Waals surface area (Å²) in [5.41, 5.74) is 1.45. The van der Waals surface area contributed by atoms with Gasteiger partial charge in [0.25, 0.3) is 5.91 Å². The molecule has 1 aliphatic rings. The number of para-hydroxylation sites is 1. The Morgan fingerprint density at radius 2 is 1.80 bits per heavy atom. The second-order valence-corrected chi connectivity index (χ2v) is 9.07. The standard InChI is InChI=1S/C28H34N2O5/c1-5-7-17-34-22-14-13-19(18-23(22)33-6-2)25-24-26(31)20-11-8-9-12-21(20)35-27(24)28(32)30(25)16-10-15-29(3)4/h8-9,11-14,18,25H,5-7,10,15-17H2,1-4H3. The number of benzene rings is 2. The highest BCUT2D eigenvalue weighted by molar-refractivity contribution is 5.99. The Hall–Kier alpha value is -3.32. The van der Waals surface area contributed by atoms with E-state index in [4.69, 9.17) is 13.9 Å². The molecule has 0 saturated heterocycles. The minimum absolute atomic E-state index is 0.129. The Balaban J connectivity index is 1.81. The van der Waals surface area contributed by atoms with E-state index in [0.717, 1.165) is 31.4 Å². The molecular weight excluding hydrogens is 444 g/mol. The largest absolute Gasteiger partial charge is 0.490 e. The SMILES string of the molecule is CCCCOc1ccc(C2c3c(oc4ccccc4c3=O)C(=O)N2CCCN(C)C)cc1OCC. The average Bonchev–Trinajstić information content (AvgIpc) is 3.12. The number of nitrogens with zero attached hydrogens (tertiary/aromatic N) is 2. The topological polar surface area (TPSA) is 72.2 Å². The molecule has 0 fully saturated rings. The van der Waals surface area contributed by atoms with Gasteiger partial charge < -0.3 is 23.7 Å². The summed E-state index contributed by atoms with van der Waals surface area (Å²) in [6.45, 7) is 6.45. The molecule has 186 valence electrons. The maximum Gasteiger partial charge on any atom is 0.290 e. The summed E-state index contributed by atoms with van der Waals surface area (Å²) < 4.78 is 17.9. The molecule has 0 bridgehead atoms. The van der Waals surface area contributed by atoms with E-state index >= 15 is 0 Å². The van der Waals surface area contributed by atoms with Crippen LogP contribution in [-0.4, -0.2) is 56.1 Å². The van der Waals surface area contributed by atoms with Crippen molar-refractivity contribution in [1.82, 2.24) is 9.80 Å². The van der Waals surface area contributed by atoms with Crippen LogP contribution in [-0.2, 0) is 0 Å². The molecule has 1 aliphatic heterocycles. The van der Waals surface area contributed by atoms with Gasteiger partial charge in [0.2, 0.25) is 5.76 Å². The average molecular weight is 479 g/mol. The first kappa shape index (κ1) is 24.8. The van der Waals surface area contributed by atoms with E-state index in [1.807, 2.05) is 45.3 Å². The van der Waals surface area contributed by atoms with Gasteiger partial charge in [-0.1, -0.05) is 31.5 Å². The third-order valence-corrected chi connectivity index (χ3v) is 6.22. The summed E-state index contributed by atoms with van der Waals surface area (Å²) in [6, 6.07) is 12.2. The lowest BCUT2D eigenvalue weighted by molar-refractivity contribution is 0.0722. The molecule has 1 atom stereocenters. The first-order valence-corrected chi connectivity index (χ1v) is 12.4. The van der Waals surface area contributed by atoms with E-state index in [-0.39, 0.29) is 17.1 Å². The minimum Gasteiger partial charge on any atom is -0.490 e. The Bertz CT molecular complexity index is 1250. The molecule has 7 heteroatoms. The molecule has 4 rings (SSSR count). The summed E-state index contributed by atoms with van der Waals surface area (Å²) in [6.07, 6.45) is 2.76. The number of unbranched alkanes of at least 4 members (excludes halogenated alkanes) is 1. The fraction of sp³-hybridized carbons (Fsp3) is 0.429. The minimum atomic E-state index is -0.551. The smallest absolute Gasteiger partial charge is 0.290 e. The fourth-order valence-corrected chi connectivity index (χ4v) is 4.51. The summed E-state index contributed by atoms with van der Waals surface area (Å²) in [7, 11) is 4.00. The number of hydrogen-bond donors (Lipinski definition) is 0. The predicted octanol–water partition coefficient (Wildman–Crippen LogP) is 4.87. The van der Waals surface area contributed by atoms with Crippen molar-refractivity contribution in [1.29, 1.82) is 0 Å². The van der Waals surface area contributed by atoms with E-state index < -0.39 is 6.04 Å². The molecule has 7 nitrogen and oxygen atoms in total. The van der Waals surface area contributed by atoms with Crippen molar-refractivity contribution in [2.75, 3.05) is 40.4 Å². The summed E-state index contributed by atoms with van der Waals surface area (Å²) in [5.74, 6) is 1.15. The summed E-state index contributed by atoms with van der Waals surface area (Å²) in [5, 5.41) is 0.476. The molecule has 0 N–H and O–H groups in total. The van der Waals surface area contributed by atoms with E-state index in [1.54, 1.807) is 23.1 Å². The molecule has 3 aromatic rings.